The maximum Gasteiger partial charge on any atom is 0.239 e. The van der Waals surface area contributed by atoms with Gasteiger partial charge in [-0.1, -0.05) is 26.7 Å². The number of hydrogen-bond donors (Lipinski definition) is 1. The predicted octanol–water partition coefficient (Wildman–Crippen LogP) is 2.43. The minimum atomic E-state index is -0.282. The molecule has 2 fully saturated rings. The van der Waals surface area contributed by atoms with Gasteiger partial charge in [0.2, 0.25) is 5.91 Å². The molecule has 1 aliphatic heterocycles. The summed E-state index contributed by atoms with van der Waals surface area (Å²) in [4.78, 5) is 14.3. The minimum Gasteiger partial charge on any atom is -0.341 e. The van der Waals surface area contributed by atoms with Crippen LogP contribution in [0.25, 0.3) is 0 Å². The van der Waals surface area contributed by atoms with E-state index in [1.165, 1.54) is 25.7 Å². The molecule has 2 rings (SSSR count). The molecule has 1 saturated heterocycles. The number of carbonyl (C=O) groups excluding carboxylic acids is 1. The number of nitrogens with zero attached hydrogens (tertiary/aromatic N) is 1. The lowest BCUT2D eigenvalue weighted by Gasteiger charge is -2.22. The van der Waals surface area contributed by atoms with Gasteiger partial charge in [-0.3, -0.25) is 4.79 Å². The van der Waals surface area contributed by atoms with E-state index in [0.29, 0.717) is 5.92 Å². The van der Waals surface area contributed by atoms with Gasteiger partial charge in [-0.25, -0.2) is 0 Å². The molecule has 106 valence electrons. The highest BCUT2D eigenvalue weighted by atomic mass is 35.5. The van der Waals surface area contributed by atoms with Crippen LogP contribution in [-0.2, 0) is 4.79 Å². The van der Waals surface area contributed by atoms with E-state index in [4.69, 9.17) is 5.73 Å². The van der Waals surface area contributed by atoms with E-state index in [1.807, 2.05) is 4.90 Å². The van der Waals surface area contributed by atoms with Gasteiger partial charge in [0, 0.05) is 13.1 Å². The highest BCUT2D eigenvalue weighted by molar-refractivity contribution is 5.85. The van der Waals surface area contributed by atoms with Crippen molar-refractivity contribution < 1.29 is 4.79 Å². The summed E-state index contributed by atoms with van der Waals surface area (Å²) in [6.07, 6.45) is 6.13. The second-order valence-electron chi connectivity index (χ2n) is 6.28. The second kappa shape index (κ2) is 6.76. The van der Waals surface area contributed by atoms with Gasteiger partial charge in [0.15, 0.2) is 0 Å². The van der Waals surface area contributed by atoms with E-state index in [-0.39, 0.29) is 24.4 Å². The number of carbonyl (C=O) groups is 1. The quantitative estimate of drug-likeness (QED) is 0.859. The van der Waals surface area contributed by atoms with Crippen LogP contribution in [0.2, 0.25) is 0 Å². The molecule has 0 aromatic carbocycles. The molecule has 2 N–H and O–H groups in total. The Balaban J connectivity index is 0.00000162. The standard InChI is InChI=1S/C14H26N2O.ClH/c1-10(2)7-13(15)14(17)16-8-11-5-3-4-6-12(11)9-16;/h10-13H,3-9,15H2,1-2H3;1H/t11?,12?,13-;/m0./s1. The molecule has 1 aliphatic carbocycles. The van der Waals surface area contributed by atoms with E-state index < -0.39 is 0 Å². The van der Waals surface area contributed by atoms with Gasteiger partial charge in [-0.05, 0) is 37.0 Å². The van der Waals surface area contributed by atoms with Crippen molar-refractivity contribution in [1.82, 2.24) is 4.90 Å². The molecule has 3 nitrogen and oxygen atoms in total. The van der Waals surface area contributed by atoms with Crippen molar-refractivity contribution in [2.75, 3.05) is 13.1 Å². The number of amides is 1. The third kappa shape index (κ3) is 3.61. The predicted molar refractivity (Wildman–Crippen MR) is 76.7 cm³/mol. The van der Waals surface area contributed by atoms with Crippen LogP contribution in [0, 0.1) is 17.8 Å². The Kier molecular flexibility index (Phi) is 5.93. The van der Waals surface area contributed by atoms with Crippen LogP contribution in [0.1, 0.15) is 46.0 Å². The Bertz CT molecular complexity index is 269. The second-order valence-corrected chi connectivity index (χ2v) is 6.28. The van der Waals surface area contributed by atoms with Crippen molar-refractivity contribution in [2.24, 2.45) is 23.5 Å². The van der Waals surface area contributed by atoms with Gasteiger partial charge in [0.05, 0.1) is 6.04 Å². The number of likely N-dealkylation sites (tertiary alicyclic amines) is 1. The Morgan fingerprint density at radius 3 is 2.17 bits per heavy atom. The fourth-order valence-corrected chi connectivity index (χ4v) is 3.43. The highest BCUT2D eigenvalue weighted by Gasteiger charge is 2.37. The van der Waals surface area contributed by atoms with Gasteiger partial charge in [0.25, 0.3) is 0 Å². The van der Waals surface area contributed by atoms with E-state index in [2.05, 4.69) is 13.8 Å². The fraction of sp³-hybridized carbons (Fsp3) is 0.929. The van der Waals surface area contributed by atoms with Crippen molar-refractivity contribution in [1.29, 1.82) is 0 Å². The lowest BCUT2D eigenvalue weighted by molar-refractivity contribution is -0.132. The summed E-state index contributed by atoms with van der Waals surface area (Å²) in [5, 5.41) is 0. The van der Waals surface area contributed by atoms with Crippen molar-refractivity contribution in [3.63, 3.8) is 0 Å². The normalized spacial score (nSPS) is 28.8. The summed E-state index contributed by atoms with van der Waals surface area (Å²) in [7, 11) is 0. The Labute approximate surface area is 117 Å². The molecule has 18 heavy (non-hydrogen) atoms. The Hall–Kier alpha value is -0.280. The zero-order valence-corrected chi connectivity index (χ0v) is 12.4. The summed E-state index contributed by atoms with van der Waals surface area (Å²) >= 11 is 0. The molecule has 2 aliphatic rings. The molecular weight excluding hydrogens is 248 g/mol. The first-order valence-corrected chi connectivity index (χ1v) is 7.12. The lowest BCUT2D eigenvalue weighted by atomic mass is 9.82. The minimum absolute atomic E-state index is 0. The summed E-state index contributed by atoms with van der Waals surface area (Å²) in [5.41, 5.74) is 6.00. The Morgan fingerprint density at radius 1 is 1.22 bits per heavy atom. The van der Waals surface area contributed by atoms with Gasteiger partial charge in [-0.15, -0.1) is 12.4 Å². The number of rotatable bonds is 3. The maximum absolute atomic E-state index is 12.2. The number of fused-ring (bicyclic) bond motifs is 1. The molecule has 2 unspecified atom stereocenters. The largest absolute Gasteiger partial charge is 0.341 e. The van der Waals surface area contributed by atoms with Crippen molar-refractivity contribution in [3.8, 4) is 0 Å². The zero-order valence-electron chi connectivity index (χ0n) is 11.6. The molecule has 0 aromatic rings. The molecule has 1 saturated carbocycles. The van der Waals surface area contributed by atoms with Crippen molar-refractivity contribution in [2.45, 2.75) is 52.0 Å². The summed E-state index contributed by atoms with van der Waals surface area (Å²) < 4.78 is 0. The molecule has 1 heterocycles. The monoisotopic (exact) mass is 274 g/mol. The van der Waals surface area contributed by atoms with Crippen LogP contribution in [0.15, 0.2) is 0 Å². The highest BCUT2D eigenvalue weighted by Crippen LogP contribution is 2.36. The molecule has 3 atom stereocenters. The SMILES string of the molecule is CC(C)C[C@H](N)C(=O)N1CC2CCCCC2C1.Cl. The maximum atomic E-state index is 12.2. The average Bonchev–Trinajstić information content (AvgIpc) is 2.70. The van der Waals surface area contributed by atoms with Gasteiger partial charge in [-0.2, -0.15) is 0 Å². The zero-order chi connectivity index (χ0) is 12.4. The van der Waals surface area contributed by atoms with Crippen molar-refractivity contribution in [3.05, 3.63) is 0 Å². The molecule has 0 aromatic heterocycles. The first-order chi connectivity index (χ1) is 8.08. The molecule has 1 amide bonds. The molecule has 0 spiro atoms. The molecule has 4 heteroatoms. The van der Waals surface area contributed by atoms with Gasteiger partial charge in [0.1, 0.15) is 0 Å². The molecule has 0 bridgehead atoms. The van der Waals surface area contributed by atoms with Crippen LogP contribution in [0.4, 0.5) is 0 Å². The van der Waals surface area contributed by atoms with Crippen LogP contribution >= 0.6 is 12.4 Å². The van der Waals surface area contributed by atoms with Crippen LogP contribution in [0.5, 0.6) is 0 Å². The number of nitrogens with two attached hydrogens (primary N) is 1. The van der Waals surface area contributed by atoms with Crippen LogP contribution in [-0.4, -0.2) is 29.9 Å². The van der Waals surface area contributed by atoms with Crippen LogP contribution in [0.3, 0.4) is 0 Å². The average molecular weight is 275 g/mol. The molecule has 0 radical (unpaired) electrons. The third-order valence-corrected chi connectivity index (χ3v) is 4.33. The number of hydrogen-bond acceptors (Lipinski definition) is 2. The first kappa shape index (κ1) is 15.8. The lowest BCUT2D eigenvalue weighted by Crippen LogP contribution is -2.43. The Morgan fingerprint density at radius 2 is 1.72 bits per heavy atom. The third-order valence-electron chi connectivity index (χ3n) is 4.33. The van der Waals surface area contributed by atoms with Crippen molar-refractivity contribution >= 4 is 18.3 Å². The van der Waals surface area contributed by atoms with E-state index in [0.717, 1.165) is 31.3 Å². The number of halogens is 1. The van der Waals surface area contributed by atoms with Gasteiger partial charge < -0.3 is 10.6 Å². The van der Waals surface area contributed by atoms with Gasteiger partial charge >= 0.3 is 0 Å². The van der Waals surface area contributed by atoms with E-state index in [1.54, 1.807) is 0 Å². The van der Waals surface area contributed by atoms with Crippen LogP contribution < -0.4 is 5.73 Å². The summed E-state index contributed by atoms with van der Waals surface area (Å²) in [6.45, 7) is 6.18. The summed E-state index contributed by atoms with van der Waals surface area (Å²) in [6, 6.07) is -0.282. The van der Waals surface area contributed by atoms with E-state index in [9.17, 15) is 4.79 Å². The fourth-order valence-electron chi connectivity index (χ4n) is 3.43. The van der Waals surface area contributed by atoms with E-state index >= 15 is 0 Å². The first-order valence-electron chi connectivity index (χ1n) is 7.12. The topological polar surface area (TPSA) is 46.3 Å². The molecular formula is C14H27ClN2O. The summed E-state index contributed by atoms with van der Waals surface area (Å²) in [5.74, 6) is 2.21. The smallest absolute Gasteiger partial charge is 0.239 e.